The molecule has 0 N–H and O–H groups in total. The molecular formula is C25H21N5. The second kappa shape index (κ2) is 8.25. The molecule has 1 aliphatic heterocycles. The van der Waals surface area contributed by atoms with Gasteiger partial charge in [0.2, 0.25) is 5.82 Å². The molecule has 5 heteroatoms. The van der Waals surface area contributed by atoms with Crippen LogP contribution in [-0.2, 0) is 13.0 Å². The molecule has 1 aromatic heterocycles. The molecule has 0 spiro atoms. The maximum atomic E-state index is 5.00. The largest absolute Gasteiger partial charge is 0.229 e. The van der Waals surface area contributed by atoms with Gasteiger partial charge < -0.3 is 0 Å². The fourth-order valence-electron chi connectivity index (χ4n) is 3.60. The van der Waals surface area contributed by atoms with Crippen LogP contribution < -0.4 is 0 Å². The number of fused-ring (bicyclic) bond motifs is 1. The van der Waals surface area contributed by atoms with E-state index >= 15 is 0 Å². The second-order valence-electron chi connectivity index (χ2n) is 7.22. The zero-order valence-corrected chi connectivity index (χ0v) is 16.5. The lowest BCUT2D eigenvalue weighted by molar-refractivity contribution is 0.593. The third-order valence-corrected chi connectivity index (χ3v) is 5.18. The lowest BCUT2D eigenvalue weighted by atomic mass is 10.00. The first-order chi connectivity index (χ1) is 14.9. The highest BCUT2D eigenvalue weighted by Crippen LogP contribution is 2.31. The van der Waals surface area contributed by atoms with Crippen molar-refractivity contribution in [2.45, 2.75) is 19.4 Å². The zero-order chi connectivity index (χ0) is 20.2. The smallest absolute Gasteiger partial charge is 0.221 e. The number of hydrogen-bond donors (Lipinski definition) is 0. The van der Waals surface area contributed by atoms with Gasteiger partial charge in [-0.3, -0.25) is 0 Å². The minimum Gasteiger partial charge on any atom is -0.229 e. The average molecular weight is 391 g/mol. The number of aliphatic imine (C=N–C) groups is 2. The molecule has 5 rings (SSSR count). The third kappa shape index (κ3) is 3.82. The summed E-state index contributed by atoms with van der Waals surface area (Å²) in [6, 6.07) is 30.9. The minimum atomic E-state index is 0.577. The summed E-state index contributed by atoms with van der Waals surface area (Å²) >= 11 is 0. The van der Waals surface area contributed by atoms with Crippen molar-refractivity contribution in [3.63, 3.8) is 0 Å². The standard InChI is InChI=1S/C25H21N5/c1-4-10-19(11-5-1)16-17-30-25-24(28-29-30)26-22(20-12-6-2-7-13-20)18-23(27-25)21-14-8-3-9-15-21/h1-15H,16-18H2. The first-order valence-corrected chi connectivity index (χ1v) is 10.1. The van der Waals surface area contributed by atoms with E-state index in [1.807, 2.05) is 47.1 Å². The highest BCUT2D eigenvalue weighted by Gasteiger charge is 2.20. The second-order valence-corrected chi connectivity index (χ2v) is 7.22. The van der Waals surface area contributed by atoms with Crippen molar-refractivity contribution in [1.82, 2.24) is 15.0 Å². The highest BCUT2D eigenvalue weighted by atomic mass is 15.5. The predicted octanol–water partition coefficient (Wildman–Crippen LogP) is 5.17. The van der Waals surface area contributed by atoms with Gasteiger partial charge in [-0.15, -0.1) is 5.10 Å². The van der Waals surface area contributed by atoms with Crippen molar-refractivity contribution in [2.24, 2.45) is 9.98 Å². The van der Waals surface area contributed by atoms with E-state index in [1.165, 1.54) is 5.56 Å². The lowest BCUT2D eigenvalue weighted by Crippen LogP contribution is -2.10. The Morgan fingerprint density at radius 1 is 0.667 bits per heavy atom. The summed E-state index contributed by atoms with van der Waals surface area (Å²) in [5.41, 5.74) is 5.35. The Bertz CT molecular complexity index is 1190. The van der Waals surface area contributed by atoms with Gasteiger partial charge in [0.15, 0.2) is 5.82 Å². The molecule has 0 radical (unpaired) electrons. The Labute approximate surface area is 175 Å². The summed E-state index contributed by atoms with van der Waals surface area (Å²) in [7, 11) is 0. The van der Waals surface area contributed by atoms with Gasteiger partial charge in [0.25, 0.3) is 0 Å². The molecule has 1 aliphatic rings. The van der Waals surface area contributed by atoms with E-state index < -0.39 is 0 Å². The van der Waals surface area contributed by atoms with E-state index in [1.54, 1.807) is 0 Å². The first kappa shape index (κ1) is 18.2. The molecule has 2 heterocycles. The average Bonchev–Trinajstić information content (AvgIpc) is 3.08. The maximum absolute atomic E-state index is 5.00. The van der Waals surface area contributed by atoms with Crippen LogP contribution >= 0.6 is 0 Å². The summed E-state index contributed by atoms with van der Waals surface area (Å²) in [5, 5.41) is 8.71. The van der Waals surface area contributed by atoms with E-state index in [9.17, 15) is 0 Å². The van der Waals surface area contributed by atoms with Crippen LogP contribution in [0, 0.1) is 0 Å². The number of nitrogens with zero attached hydrogens (tertiary/aromatic N) is 5. The van der Waals surface area contributed by atoms with Gasteiger partial charge in [0.1, 0.15) is 0 Å². The zero-order valence-electron chi connectivity index (χ0n) is 16.5. The summed E-state index contributed by atoms with van der Waals surface area (Å²) in [5.74, 6) is 1.29. The van der Waals surface area contributed by atoms with Gasteiger partial charge in [0.05, 0.1) is 11.4 Å². The SMILES string of the molecule is c1ccc(CCn2nnc3c2N=C(c2ccccc2)CC(c2ccccc2)=N3)cc1. The monoisotopic (exact) mass is 391 g/mol. The minimum absolute atomic E-state index is 0.577. The molecule has 0 saturated heterocycles. The van der Waals surface area contributed by atoms with Gasteiger partial charge in [0, 0.05) is 13.0 Å². The van der Waals surface area contributed by atoms with Gasteiger partial charge in [-0.05, 0) is 23.1 Å². The molecule has 0 unspecified atom stereocenters. The molecule has 0 amide bonds. The number of rotatable bonds is 5. The summed E-state index contributed by atoms with van der Waals surface area (Å²) in [6.07, 6.45) is 1.51. The summed E-state index contributed by atoms with van der Waals surface area (Å²) in [4.78, 5) is 9.87. The topological polar surface area (TPSA) is 55.4 Å². The summed E-state index contributed by atoms with van der Waals surface area (Å²) in [6.45, 7) is 0.702. The number of aromatic nitrogens is 3. The quantitative estimate of drug-likeness (QED) is 0.471. The van der Waals surface area contributed by atoms with E-state index in [0.29, 0.717) is 18.8 Å². The summed E-state index contributed by atoms with van der Waals surface area (Å²) < 4.78 is 1.86. The Morgan fingerprint density at radius 2 is 1.23 bits per heavy atom. The molecular weight excluding hydrogens is 370 g/mol. The molecule has 0 aliphatic carbocycles. The normalized spacial score (nSPS) is 13.2. The van der Waals surface area contributed by atoms with Gasteiger partial charge in [-0.1, -0.05) is 96.2 Å². The van der Waals surface area contributed by atoms with Crippen molar-refractivity contribution in [2.75, 3.05) is 0 Å². The van der Waals surface area contributed by atoms with Crippen LogP contribution in [-0.4, -0.2) is 26.4 Å². The number of hydrogen-bond acceptors (Lipinski definition) is 4. The Morgan fingerprint density at radius 3 is 1.87 bits per heavy atom. The van der Waals surface area contributed by atoms with E-state index in [0.717, 1.165) is 34.8 Å². The molecule has 146 valence electrons. The van der Waals surface area contributed by atoms with E-state index in [-0.39, 0.29) is 0 Å². The lowest BCUT2D eigenvalue weighted by Gasteiger charge is -2.08. The van der Waals surface area contributed by atoms with Crippen molar-refractivity contribution < 1.29 is 0 Å². The Hall–Kier alpha value is -3.86. The maximum Gasteiger partial charge on any atom is 0.221 e. The highest BCUT2D eigenvalue weighted by molar-refractivity contribution is 6.19. The van der Waals surface area contributed by atoms with Gasteiger partial charge >= 0.3 is 0 Å². The number of benzene rings is 3. The fourth-order valence-corrected chi connectivity index (χ4v) is 3.60. The van der Waals surface area contributed by atoms with Crippen molar-refractivity contribution in [1.29, 1.82) is 0 Å². The van der Waals surface area contributed by atoms with Crippen LogP contribution in [0.5, 0.6) is 0 Å². The van der Waals surface area contributed by atoms with E-state index in [4.69, 9.17) is 9.98 Å². The van der Waals surface area contributed by atoms with E-state index in [2.05, 4.69) is 58.8 Å². The molecule has 0 saturated carbocycles. The van der Waals surface area contributed by atoms with Crippen LogP contribution in [0.4, 0.5) is 11.6 Å². The number of aryl methyl sites for hydroxylation is 2. The molecule has 3 aromatic carbocycles. The Kier molecular flexibility index (Phi) is 5.00. The molecule has 5 nitrogen and oxygen atoms in total. The molecule has 30 heavy (non-hydrogen) atoms. The predicted molar refractivity (Wildman–Crippen MR) is 120 cm³/mol. The molecule has 0 atom stereocenters. The van der Waals surface area contributed by atoms with Gasteiger partial charge in [-0.2, -0.15) is 0 Å². The van der Waals surface area contributed by atoms with Crippen LogP contribution in [0.3, 0.4) is 0 Å². The van der Waals surface area contributed by atoms with Gasteiger partial charge in [-0.25, -0.2) is 14.7 Å². The van der Waals surface area contributed by atoms with Crippen LogP contribution in [0.25, 0.3) is 0 Å². The van der Waals surface area contributed by atoms with Crippen molar-refractivity contribution in [3.05, 3.63) is 108 Å². The molecule has 0 bridgehead atoms. The fraction of sp³-hybridized carbons (Fsp3) is 0.120. The molecule has 0 fully saturated rings. The van der Waals surface area contributed by atoms with Crippen LogP contribution in [0.1, 0.15) is 23.1 Å². The Balaban J connectivity index is 1.55. The van der Waals surface area contributed by atoms with Crippen LogP contribution in [0.15, 0.2) is 101 Å². The van der Waals surface area contributed by atoms with Crippen LogP contribution in [0.2, 0.25) is 0 Å². The molecule has 4 aromatic rings. The van der Waals surface area contributed by atoms with Crippen molar-refractivity contribution >= 4 is 23.1 Å². The van der Waals surface area contributed by atoms with Crippen molar-refractivity contribution in [3.8, 4) is 0 Å². The third-order valence-electron chi connectivity index (χ3n) is 5.18. The first-order valence-electron chi connectivity index (χ1n) is 10.1.